The minimum atomic E-state index is -0.262. The lowest BCUT2D eigenvalue weighted by atomic mass is 9.86. The van der Waals surface area contributed by atoms with Gasteiger partial charge < -0.3 is 15.4 Å². The fourth-order valence-electron chi connectivity index (χ4n) is 3.01. The Labute approximate surface area is 120 Å². The first-order valence-electron chi connectivity index (χ1n) is 7.35. The van der Waals surface area contributed by atoms with Gasteiger partial charge in [-0.1, -0.05) is 44.3 Å². The summed E-state index contributed by atoms with van der Waals surface area (Å²) in [6, 6.07) is 0. The molecule has 1 heterocycles. The van der Waals surface area contributed by atoms with Crippen LogP contribution in [0.1, 0.15) is 44.9 Å². The van der Waals surface area contributed by atoms with Crippen LogP contribution in [0.25, 0.3) is 0 Å². The Balaban J connectivity index is 1.74. The fraction of sp³-hybridized carbons (Fsp3) is 0.857. The lowest BCUT2D eigenvalue weighted by molar-refractivity contribution is -0.137. The normalized spacial score (nSPS) is 25.3. The minimum Gasteiger partial charge on any atom is -0.391 e. The molecule has 1 aliphatic heterocycles. The standard InChI is InChI=1S/C14H24N2O2S/c15-14(19)12-10-16(8-9-18-12)13(17)7-6-11-4-2-1-3-5-11/h11-12H,1-10H2,(H2,15,19). The second-order valence-corrected chi connectivity index (χ2v) is 6.12. The third kappa shape index (κ3) is 4.42. The second-order valence-electron chi connectivity index (χ2n) is 5.64. The maximum atomic E-state index is 12.2. The van der Waals surface area contributed by atoms with Crippen molar-refractivity contribution in [2.24, 2.45) is 11.7 Å². The van der Waals surface area contributed by atoms with Gasteiger partial charge in [0.25, 0.3) is 0 Å². The van der Waals surface area contributed by atoms with Crippen molar-refractivity contribution >= 4 is 23.1 Å². The van der Waals surface area contributed by atoms with Crippen molar-refractivity contribution in [1.82, 2.24) is 4.90 Å². The van der Waals surface area contributed by atoms with Crippen LogP contribution in [0.4, 0.5) is 0 Å². The van der Waals surface area contributed by atoms with Crippen LogP contribution in [-0.4, -0.2) is 41.6 Å². The summed E-state index contributed by atoms with van der Waals surface area (Å²) < 4.78 is 5.45. The molecule has 0 bridgehead atoms. The van der Waals surface area contributed by atoms with Crippen molar-refractivity contribution < 1.29 is 9.53 Å². The number of nitrogens with two attached hydrogens (primary N) is 1. The zero-order valence-corrected chi connectivity index (χ0v) is 12.3. The monoisotopic (exact) mass is 284 g/mol. The molecule has 0 aromatic carbocycles. The smallest absolute Gasteiger partial charge is 0.222 e. The SMILES string of the molecule is NC(=S)C1CN(C(=O)CCC2CCCCC2)CCO1. The van der Waals surface area contributed by atoms with E-state index in [2.05, 4.69) is 0 Å². The highest BCUT2D eigenvalue weighted by Crippen LogP contribution is 2.27. The second kappa shape index (κ2) is 7.20. The maximum absolute atomic E-state index is 12.2. The Kier molecular flexibility index (Phi) is 5.58. The molecule has 108 valence electrons. The summed E-state index contributed by atoms with van der Waals surface area (Å²) in [5, 5.41) is 0. The summed E-state index contributed by atoms with van der Waals surface area (Å²) in [6.45, 7) is 1.73. The first kappa shape index (κ1) is 14.7. The van der Waals surface area contributed by atoms with Gasteiger partial charge in [-0.2, -0.15) is 0 Å². The third-order valence-electron chi connectivity index (χ3n) is 4.23. The van der Waals surface area contributed by atoms with E-state index in [-0.39, 0.29) is 12.0 Å². The molecule has 2 rings (SSSR count). The molecule has 0 spiro atoms. The number of ether oxygens (including phenoxy) is 1. The van der Waals surface area contributed by atoms with Crippen molar-refractivity contribution in [3.8, 4) is 0 Å². The highest BCUT2D eigenvalue weighted by atomic mass is 32.1. The van der Waals surface area contributed by atoms with Crippen LogP contribution in [0.5, 0.6) is 0 Å². The van der Waals surface area contributed by atoms with Crippen molar-refractivity contribution in [2.75, 3.05) is 19.7 Å². The van der Waals surface area contributed by atoms with Crippen LogP contribution in [0.15, 0.2) is 0 Å². The molecular formula is C14H24N2O2S. The number of hydrogen-bond donors (Lipinski definition) is 1. The number of morpholine rings is 1. The van der Waals surface area contributed by atoms with Crippen LogP contribution < -0.4 is 5.73 Å². The number of hydrogen-bond acceptors (Lipinski definition) is 3. The van der Waals surface area contributed by atoms with E-state index in [0.717, 1.165) is 12.3 Å². The molecule has 1 saturated carbocycles. The first-order chi connectivity index (χ1) is 9.16. The number of carbonyl (C=O) groups excluding carboxylic acids is 1. The Morgan fingerprint density at radius 2 is 2.05 bits per heavy atom. The molecule has 0 aromatic heterocycles. The van der Waals surface area contributed by atoms with Gasteiger partial charge in [-0.25, -0.2) is 0 Å². The van der Waals surface area contributed by atoms with Crippen LogP contribution in [0.3, 0.4) is 0 Å². The van der Waals surface area contributed by atoms with Crippen LogP contribution in [0.2, 0.25) is 0 Å². The van der Waals surface area contributed by atoms with Crippen LogP contribution in [0, 0.1) is 5.92 Å². The minimum absolute atomic E-state index is 0.232. The predicted molar refractivity (Wildman–Crippen MR) is 78.9 cm³/mol. The number of rotatable bonds is 4. The van der Waals surface area contributed by atoms with E-state index in [1.807, 2.05) is 4.90 Å². The predicted octanol–water partition coefficient (Wildman–Crippen LogP) is 1.86. The van der Waals surface area contributed by atoms with Gasteiger partial charge in [-0.15, -0.1) is 0 Å². The summed E-state index contributed by atoms with van der Waals surface area (Å²) in [5.41, 5.74) is 5.59. The van der Waals surface area contributed by atoms with Gasteiger partial charge in [0, 0.05) is 13.0 Å². The van der Waals surface area contributed by atoms with E-state index in [1.165, 1.54) is 32.1 Å². The molecule has 0 aromatic rings. The molecule has 1 atom stereocenters. The van der Waals surface area contributed by atoms with Gasteiger partial charge in [0.2, 0.25) is 5.91 Å². The number of carbonyl (C=O) groups is 1. The zero-order chi connectivity index (χ0) is 13.7. The zero-order valence-electron chi connectivity index (χ0n) is 11.5. The summed E-state index contributed by atoms with van der Waals surface area (Å²) in [5.74, 6) is 0.986. The van der Waals surface area contributed by atoms with Crippen molar-refractivity contribution in [3.05, 3.63) is 0 Å². The van der Waals surface area contributed by atoms with E-state index in [1.54, 1.807) is 0 Å². The Hall–Kier alpha value is -0.680. The van der Waals surface area contributed by atoms with Gasteiger partial charge in [-0.3, -0.25) is 4.79 Å². The third-order valence-corrected chi connectivity index (χ3v) is 4.49. The Bertz CT molecular complexity index is 329. The van der Waals surface area contributed by atoms with E-state index in [0.29, 0.717) is 31.1 Å². The summed E-state index contributed by atoms with van der Waals surface area (Å²) in [6.07, 6.45) is 8.06. The molecule has 1 unspecified atom stereocenters. The number of amides is 1. The quantitative estimate of drug-likeness (QED) is 0.801. The Morgan fingerprint density at radius 1 is 1.32 bits per heavy atom. The average molecular weight is 284 g/mol. The molecule has 1 saturated heterocycles. The maximum Gasteiger partial charge on any atom is 0.222 e. The van der Waals surface area contributed by atoms with Crippen LogP contribution >= 0.6 is 12.2 Å². The van der Waals surface area contributed by atoms with E-state index in [9.17, 15) is 4.79 Å². The molecule has 2 N–H and O–H groups in total. The van der Waals surface area contributed by atoms with E-state index < -0.39 is 0 Å². The summed E-state index contributed by atoms with van der Waals surface area (Å²) >= 11 is 4.94. The van der Waals surface area contributed by atoms with Crippen LogP contribution in [-0.2, 0) is 9.53 Å². The molecule has 1 amide bonds. The number of thiocarbonyl (C=S) groups is 1. The van der Waals surface area contributed by atoms with Gasteiger partial charge in [0.05, 0.1) is 13.2 Å². The summed E-state index contributed by atoms with van der Waals surface area (Å²) in [7, 11) is 0. The van der Waals surface area contributed by atoms with E-state index in [4.69, 9.17) is 22.7 Å². The van der Waals surface area contributed by atoms with E-state index >= 15 is 0 Å². The Morgan fingerprint density at radius 3 is 2.74 bits per heavy atom. The molecular weight excluding hydrogens is 260 g/mol. The van der Waals surface area contributed by atoms with Gasteiger partial charge in [0.1, 0.15) is 11.1 Å². The highest BCUT2D eigenvalue weighted by molar-refractivity contribution is 7.80. The van der Waals surface area contributed by atoms with Gasteiger partial charge in [-0.05, 0) is 12.3 Å². The lowest BCUT2D eigenvalue weighted by Gasteiger charge is -2.33. The topological polar surface area (TPSA) is 55.6 Å². The highest BCUT2D eigenvalue weighted by Gasteiger charge is 2.26. The molecule has 4 nitrogen and oxygen atoms in total. The van der Waals surface area contributed by atoms with Crippen molar-refractivity contribution in [3.63, 3.8) is 0 Å². The molecule has 2 aliphatic rings. The lowest BCUT2D eigenvalue weighted by Crippen LogP contribution is -2.49. The first-order valence-corrected chi connectivity index (χ1v) is 7.76. The van der Waals surface area contributed by atoms with Crippen molar-refractivity contribution in [2.45, 2.75) is 51.0 Å². The molecule has 0 radical (unpaired) electrons. The van der Waals surface area contributed by atoms with Crippen molar-refractivity contribution in [1.29, 1.82) is 0 Å². The molecule has 5 heteroatoms. The molecule has 1 aliphatic carbocycles. The fourth-order valence-corrected chi connectivity index (χ4v) is 3.15. The largest absolute Gasteiger partial charge is 0.391 e. The average Bonchev–Trinajstić information content (AvgIpc) is 2.46. The molecule has 19 heavy (non-hydrogen) atoms. The number of nitrogens with zero attached hydrogens (tertiary/aromatic N) is 1. The van der Waals surface area contributed by atoms with Gasteiger partial charge >= 0.3 is 0 Å². The molecule has 2 fully saturated rings. The summed E-state index contributed by atoms with van der Waals surface area (Å²) in [4.78, 5) is 14.4. The van der Waals surface area contributed by atoms with Gasteiger partial charge in [0.15, 0.2) is 0 Å².